The molecule has 0 bridgehead atoms. The number of hydrazine groups is 1. The Balaban J connectivity index is 1.44. The molecule has 26 heavy (non-hydrogen) atoms. The predicted molar refractivity (Wildman–Crippen MR) is 98.0 cm³/mol. The van der Waals surface area contributed by atoms with Crippen LogP contribution in [0.25, 0.3) is 0 Å². The number of nitrogens with zero attached hydrogens (tertiary/aromatic N) is 3. The Hall–Kier alpha value is -2.18. The molecule has 136 valence electrons. The molecule has 2 fully saturated rings. The van der Waals surface area contributed by atoms with Crippen LogP contribution in [0.15, 0.2) is 42.7 Å². The zero-order valence-corrected chi connectivity index (χ0v) is 14.8. The summed E-state index contributed by atoms with van der Waals surface area (Å²) in [4.78, 5) is 15.5. The summed E-state index contributed by atoms with van der Waals surface area (Å²) in [5.41, 5.74) is 9.15. The Bertz CT molecular complexity index is 789. The van der Waals surface area contributed by atoms with E-state index in [1.54, 1.807) is 0 Å². The van der Waals surface area contributed by atoms with Crippen LogP contribution >= 0.6 is 0 Å². The van der Waals surface area contributed by atoms with Gasteiger partial charge in [0.15, 0.2) is 0 Å². The van der Waals surface area contributed by atoms with Gasteiger partial charge in [-0.2, -0.15) is 5.10 Å². The molecule has 6 heteroatoms. The molecular formula is C20H25N5O. The SMILES string of the molecule is O=C(C1CCCC2CNNC21)N1Cc2ccccc2C(n2cccn2)C1. The molecule has 1 saturated carbocycles. The maximum atomic E-state index is 13.4. The molecule has 0 radical (unpaired) electrons. The minimum Gasteiger partial charge on any atom is -0.336 e. The first-order valence-corrected chi connectivity index (χ1v) is 9.65. The van der Waals surface area contributed by atoms with Crippen LogP contribution < -0.4 is 10.9 Å². The summed E-state index contributed by atoms with van der Waals surface area (Å²) in [6.45, 7) is 2.38. The summed E-state index contributed by atoms with van der Waals surface area (Å²) in [5, 5.41) is 4.45. The van der Waals surface area contributed by atoms with Crippen LogP contribution in [-0.2, 0) is 11.3 Å². The van der Waals surface area contributed by atoms with E-state index >= 15 is 0 Å². The number of benzene rings is 1. The van der Waals surface area contributed by atoms with Crippen molar-refractivity contribution in [3.05, 3.63) is 53.9 Å². The van der Waals surface area contributed by atoms with Crippen LogP contribution in [0.3, 0.4) is 0 Å². The molecule has 3 aliphatic rings. The number of hydrogen-bond acceptors (Lipinski definition) is 4. The Morgan fingerprint density at radius 3 is 3.00 bits per heavy atom. The van der Waals surface area contributed by atoms with E-state index < -0.39 is 0 Å². The smallest absolute Gasteiger partial charge is 0.227 e. The number of nitrogens with one attached hydrogen (secondary N) is 2. The highest BCUT2D eigenvalue weighted by Gasteiger charge is 2.43. The quantitative estimate of drug-likeness (QED) is 0.865. The summed E-state index contributed by atoms with van der Waals surface area (Å²) in [6, 6.07) is 10.8. The zero-order valence-electron chi connectivity index (χ0n) is 14.8. The van der Waals surface area contributed by atoms with Gasteiger partial charge in [0, 0.05) is 38.1 Å². The molecule has 1 amide bonds. The second-order valence-corrected chi connectivity index (χ2v) is 7.77. The number of hydrogen-bond donors (Lipinski definition) is 2. The molecule has 1 aromatic carbocycles. The number of aromatic nitrogens is 2. The fourth-order valence-electron chi connectivity index (χ4n) is 4.99. The standard InChI is InChI=1S/C20H25N5O/c26-20(17-8-3-6-14-11-21-23-19(14)17)24-12-15-5-1-2-7-16(15)18(13-24)25-10-4-9-22-25/h1-2,4-5,7,9-10,14,17-19,21,23H,3,6,8,11-13H2. The molecule has 4 atom stereocenters. The van der Waals surface area contributed by atoms with Gasteiger partial charge in [-0.3, -0.25) is 20.3 Å². The molecular weight excluding hydrogens is 326 g/mol. The fraction of sp³-hybridized carbons (Fsp3) is 0.500. The molecule has 3 heterocycles. The molecule has 4 unspecified atom stereocenters. The third kappa shape index (κ3) is 2.64. The zero-order chi connectivity index (χ0) is 17.5. The summed E-state index contributed by atoms with van der Waals surface area (Å²) < 4.78 is 1.98. The van der Waals surface area contributed by atoms with Crippen molar-refractivity contribution in [2.24, 2.45) is 11.8 Å². The molecule has 1 aromatic heterocycles. The highest BCUT2D eigenvalue weighted by atomic mass is 16.2. The third-order valence-electron chi connectivity index (χ3n) is 6.31. The first kappa shape index (κ1) is 16.0. The monoisotopic (exact) mass is 351 g/mol. The Morgan fingerprint density at radius 1 is 1.19 bits per heavy atom. The van der Waals surface area contributed by atoms with E-state index in [0.29, 0.717) is 24.9 Å². The van der Waals surface area contributed by atoms with Crippen LogP contribution in [0.2, 0.25) is 0 Å². The summed E-state index contributed by atoms with van der Waals surface area (Å²) in [7, 11) is 0. The van der Waals surface area contributed by atoms with Crippen molar-refractivity contribution in [1.29, 1.82) is 0 Å². The lowest BCUT2D eigenvalue weighted by Gasteiger charge is -2.39. The number of amides is 1. The van der Waals surface area contributed by atoms with E-state index in [-0.39, 0.29) is 18.0 Å². The van der Waals surface area contributed by atoms with Crippen LogP contribution in [0, 0.1) is 11.8 Å². The second-order valence-electron chi connectivity index (χ2n) is 7.77. The second kappa shape index (κ2) is 6.52. The average molecular weight is 351 g/mol. The van der Waals surface area contributed by atoms with Gasteiger partial charge in [-0.05, 0) is 36.0 Å². The highest BCUT2D eigenvalue weighted by molar-refractivity contribution is 5.80. The van der Waals surface area contributed by atoms with Crippen LogP contribution in [0.1, 0.15) is 36.4 Å². The number of rotatable bonds is 2. The molecule has 2 N–H and O–H groups in total. The maximum absolute atomic E-state index is 13.4. The predicted octanol–water partition coefficient (Wildman–Crippen LogP) is 1.71. The fourth-order valence-corrected chi connectivity index (χ4v) is 4.99. The molecule has 2 aromatic rings. The Kier molecular flexibility index (Phi) is 4.02. The van der Waals surface area contributed by atoms with Gasteiger partial charge in [-0.1, -0.05) is 30.7 Å². The van der Waals surface area contributed by atoms with Crippen molar-refractivity contribution in [1.82, 2.24) is 25.5 Å². The van der Waals surface area contributed by atoms with E-state index in [0.717, 1.165) is 19.4 Å². The minimum absolute atomic E-state index is 0.0762. The van der Waals surface area contributed by atoms with Crippen molar-refractivity contribution in [2.45, 2.75) is 37.9 Å². The van der Waals surface area contributed by atoms with Crippen LogP contribution in [0.4, 0.5) is 0 Å². The van der Waals surface area contributed by atoms with Gasteiger partial charge in [-0.25, -0.2) is 0 Å². The average Bonchev–Trinajstić information content (AvgIpc) is 3.38. The van der Waals surface area contributed by atoms with Crippen LogP contribution in [-0.4, -0.2) is 39.7 Å². The van der Waals surface area contributed by atoms with Gasteiger partial charge in [-0.15, -0.1) is 0 Å². The lowest BCUT2D eigenvalue weighted by molar-refractivity contribution is -0.139. The van der Waals surface area contributed by atoms with E-state index in [4.69, 9.17) is 0 Å². The molecule has 6 nitrogen and oxygen atoms in total. The lowest BCUT2D eigenvalue weighted by atomic mass is 9.77. The number of carbonyl (C=O) groups is 1. The van der Waals surface area contributed by atoms with E-state index in [2.05, 4.69) is 45.1 Å². The minimum atomic E-state index is 0.0762. The van der Waals surface area contributed by atoms with Crippen molar-refractivity contribution >= 4 is 5.91 Å². The van der Waals surface area contributed by atoms with E-state index in [1.807, 2.05) is 23.1 Å². The van der Waals surface area contributed by atoms with Crippen molar-refractivity contribution in [3.63, 3.8) is 0 Å². The molecule has 5 rings (SSSR count). The van der Waals surface area contributed by atoms with E-state index in [9.17, 15) is 4.79 Å². The van der Waals surface area contributed by atoms with Crippen molar-refractivity contribution < 1.29 is 4.79 Å². The first-order chi connectivity index (χ1) is 12.8. The Morgan fingerprint density at radius 2 is 2.12 bits per heavy atom. The van der Waals surface area contributed by atoms with Crippen molar-refractivity contribution in [3.8, 4) is 0 Å². The summed E-state index contributed by atoms with van der Waals surface area (Å²) >= 11 is 0. The summed E-state index contributed by atoms with van der Waals surface area (Å²) in [5.74, 6) is 0.950. The highest BCUT2D eigenvalue weighted by Crippen LogP contribution is 2.35. The van der Waals surface area contributed by atoms with Gasteiger partial charge in [0.05, 0.1) is 12.0 Å². The van der Waals surface area contributed by atoms with Crippen molar-refractivity contribution in [2.75, 3.05) is 13.1 Å². The lowest BCUT2D eigenvalue weighted by Crippen LogP contribution is -2.51. The van der Waals surface area contributed by atoms with Gasteiger partial charge < -0.3 is 4.90 Å². The summed E-state index contributed by atoms with van der Waals surface area (Å²) in [6.07, 6.45) is 7.15. The van der Waals surface area contributed by atoms with Gasteiger partial charge in [0.1, 0.15) is 0 Å². The maximum Gasteiger partial charge on any atom is 0.227 e. The van der Waals surface area contributed by atoms with Gasteiger partial charge in [0.2, 0.25) is 5.91 Å². The van der Waals surface area contributed by atoms with E-state index in [1.165, 1.54) is 17.5 Å². The number of carbonyl (C=O) groups excluding carboxylic acids is 1. The van der Waals surface area contributed by atoms with Gasteiger partial charge >= 0.3 is 0 Å². The largest absolute Gasteiger partial charge is 0.336 e. The topological polar surface area (TPSA) is 62.2 Å². The number of fused-ring (bicyclic) bond motifs is 2. The molecule has 1 saturated heterocycles. The molecule has 2 aliphatic heterocycles. The third-order valence-corrected chi connectivity index (χ3v) is 6.31. The Labute approximate surface area is 153 Å². The van der Waals surface area contributed by atoms with Gasteiger partial charge in [0.25, 0.3) is 0 Å². The first-order valence-electron chi connectivity index (χ1n) is 9.65. The normalized spacial score (nSPS) is 30.7. The van der Waals surface area contributed by atoms with Crippen LogP contribution in [0.5, 0.6) is 0 Å². The molecule has 0 spiro atoms. The molecule has 1 aliphatic carbocycles.